The minimum atomic E-state index is -0.361. The van der Waals surface area contributed by atoms with Crippen LogP contribution in [-0.4, -0.2) is 18.4 Å². The van der Waals surface area contributed by atoms with Crippen molar-refractivity contribution >= 4 is 23.1 Å². The highest BCUT2D eigenvalue weighted by Gasteiger charge is 2.10. The molecule has 2 rings (SSSR count). The number of thiophene rings is 1. The van der Waals surface area contributed by atoms with Crippen LogP contribution in [0.2, 0.25) is 0 Å². The largest absolute Gasteiger partial charge is 0.462 e. The van der Waals surface area contributed by atoms with Crippen molar-refractivity contribution in [3.8, 4) is 0 Å². The Morgan fingerprint density at radius 1 is 1.11 bits per heavy atom. The number of esters is 1. The monoisotopic (exact) mass is 274 g/mol. The SMILES string of the molecule is CCOC(=O)c1ccc(C(=O)Cc2cccs2)cc1. The normalized spacial score (nSPS) is 10.2. The summed E-state index contributed by atoms with van der Waals surface area (Å²) in [5.74, 6) is -0.308. The summed E-state index contributed by atoms with van der Waals surface area (Å²) in [6, 6.07) is 10.5. The van der Waals surface area contributed by atoms with E-state index in [0.717, 1.165) is 4.88 Å². The highest BCUT2D eigenvalue weighted by molar-refractivity contribution is 7.10. The molecule has 0 saturated carbocycles. The molecule has 0 spiro atoms. The Labute approximate surface area is 115 Å². The van der Waals surface area contributed by atoms with Crippen LogP contribution in [0.15, 0.2) is 41.8 Å². The quantitative estimate of drug-likeness (QED) is 0.620. The second kappa shape index (κ2) is 6.29. The number of hydrogen-bond acceptors (Lipinski definition) is 4. The number of hydrogen-bond donors (Lipinski definition) is 0. The van der Waals surface area contributed by atoms with Gasteiger partial charge in [-0.1, -0.05) is 18.2 Å². The molecule has 0 radical (unpaired) electrons. The molecule has 0 saturated heterocycles. The summed E-state index contributed by atoms with van der Waals surface area (Å²) in [6.45, 7) is 2.11. The molecule has 1 heterocycles. The lowest BCUT2D eigenvalue weighted by Crippen LogP contribution is -2.06. The maximum Gasteiger partial charge on any atom is 0.338 e. The summed E-state index contributed by atoms with van der Waals surface area (Å²) >= 11 is 1.57. The Balaban J connectivity index is 2.05. The van der Waals surface area contributed by atoms with E-state index in [1.807, 2.05) is 17.5 Å². The van der Waals surface area contributed by atoms with Gasteiger partial charge in [-0.15, -0.1) is 11.3 Å². The van der Waals surface area contributed by atoms with E-state index in [2.05, 4.69) is 0 Å². The molecule has 1 aromatic carbocycles. The van der Waals surface area contributed by atoms with Crippen LogP contribution < -0.4 is 0 Å². The third-order valence-corrected chi connectivity index (χ3v) is 3.51. The number of carbonyl (C=O) groups excluding carboxylic acids is 2. The first kappa shape index (κ1) is 13.5. The van der Waals surface area contributed by atoms with E-state index < -0.39 is 0 Å². The molecule has 4 heteroatoms. The fourth-order valence-electron chi connectivity index (χ4n) is 1.68. The number of carbonyl (C=O) groups is 2. The van der Waals surface area contributed by atoms with Crippen molar-refractivity contribution in [1.82, 2.24) is 0 Å². The summed E-state index contributed by atoms with van der Waals surface area (Å²) in [5, 5.41) is 1.95. The van der Waals surface area contributed by atoms with Crippen molar-refractivity contribution in [2.75, 3.05) is 6.61 Å². The van der Waals surface area contributed by atoms with E-state index in [9.17, 15) is 9.59 Å². The predicted octanol–water partition coefficient (Wildman–Crippen LogP) is 3.35. The summed E-state index contributed by atoms with van der Waals surface area (Å²) in [6.07, 6.45) is 0.399. The number of rotatable bonds is 5. The van der Waals surface area contributed by atoms with Gasteiger partial charge in [0.05, 0.1) is 12.2 Å². The van der Waals surface area contributed by atoms with Crippen LogP contribution in [0.3, 0.4) is 0 Å². The van der Waals surface area contributed by atoms with Gasteiger partial charge in [0.2, 0.25) is 0 Å². The second-order valence-corrected chi connectivity index (χ2v) is 5.01. The van der Waals surface area contributed by atoms with Gasteiger partial charge in [0.1, 0.15) is 0 Å². The Hall–Kier alpha value is -1.94. The summed E-state index contributed by atoms with van der Waals surface area (Å²) < 4.78 is 4.89. The maximum atomic E-state index is 12.0. The van der Waals surface area contributed by atoms with Gasteiger partial charge in [-0.2, -0.15) is 0 Å². The van der Waals surface area contributed by atoms with E-state index in [1.165, 1.54) is 0 Å². The lowest BCUT2D eigenvalue weighted by molar-refractivity contribution is 0.0526. The van der Waals surface area contributed by atoms with Gasteiger partial charge >= 0.3 is 5.97 Å². The molecule has 0 N–H and O–H groups in total. The Morgan fingerprint density at radius 2 is 1.79 bits per heavy atom. The summed E-state index contributed by atoms with van der Waals surface area (Å²) in [5.41, 5.74) is 1.08. The van der Waals surface area contributed by atoms with Crippen LogP contribution in [0, 0.1) is 0 Å². The standard InChI is InChI=1S/C15H14O3S/c1-2-18-15(17)12-7-5-11(6-8-12)14(16)10-13-4-3-9-19-13/h3-9H,2,10H2,1H3. The summed E-state index contributed by atoms with van der Waals surface area (Å²) in [4.78, 5) is 24.5. The zero-order valence-electron chi connectivity index (χ0n) is 10.6. The molecular weight excluding hydrogens is 260 g/mol. The van der Waals surface area contributed by atoms with E-state index >= 15 is 0 Å². The highest BCUT2D eigenvalue weighted by atomic mass is 32.1. The molecule has 1 aromatic heterocycles. The zero-order valence-corrected chi connectivity index (χ0v) is 11.4. The van der Waals surface area contributed by atoms with Crippen molar-refractivity contribution in [3.05, 3.63) is 57.8 Å². The van der Waals surface area contributed by atoms with Crippen LogP contribution in [0.5, 0.6) is 0 Å². The van der Waals surface area contributed by atoms with Gasteiger partial charge in [0.25, 0.3) is 0 Å². The number of ether oxygens (including phenoxy) is 1. The summed E-state index contributed by atoms with van der Waals surface area (Å²) in [7, 11) is 0. The Morgan fingerprint density at radius 3 is 2.37 bits per heavy atom. The van der Waals surface area contributed by atoms with Crippen molar-refractivity contribution in [1.29, 1.82) is 0 Å². The van der Waals surface area contributed by atoms with Crippen molar-refractivity contribution in [2.24, 2.45) is 0 Å². The average molecular weight is 274 g/mol. The molecule has 19 heavy (non-hydrogen) atoms. The van der Waals surface area contributed by atoms with Crippen molar-refractivity contribution in [2.45, 2.75) is 13.3 Å². The minimum absolute atomic E-state index is 0.0536. The number of benzene rings is 1. The van der Waals surface area contributed by atoms with E-state index in [0.29, 0.717) is 24.2 Å². The molecule has 0 atom stereocenters. The number of ketones is 1. The molecule has 0 aliphatic rings. The molecular formula is C15H14O3S. The van der Waals surface area contributed by atoms with Gasteiger partial charge in [0, 0.05) is 16.9 Å². The van der Waals surface area contributed by atoms with Crippen LogP contribution in [-0.2, 0) is 11.2 Å². The average Bonchev–Trinajstić information content (AvgIpc) is 2.92. The Bertz CT molecular complexity index is 556. The van der Waals surface area contributed by atoms with Gasteiger partial charge in [0.15, 0.2) is 5.78 Å². The van der Waals surface area contributed by atoms with Gasteiger partial charge in [-0.25, -0.2) is 4.79 Å². The molecule has 0 unspecified atom stereocenters. The van der Waals surface area contributed by atoms with Crippen LogP contribution >= 0.6 is 11.3 Å². The second-order valence-electron chi connectivity index (χ2n) is 3.98. The first-order valence-corrected chi connectivity index (χ1v) is 6.91. The lowest BCUT2D eigenvalue weighted by atomic mass is 10.1. The molecule has 98 valence electrons. The fraction of sp³-hybridized carbons (Fsp3) is 0.200. The molecule has 0 aliphatic carbocycles. The lowest BCUT2D eigenvalue weighted by Gasteiger charge is -2.03. The van der Waals surface area contributed by atoms with Crippen molar-refractivity contribution in [3.63, 3.8) is 0 Å². The Kier molecular flexibility index (Phi) is 4.47. The maximum absolute atomic E-state index is 12.0. The van der Waals surface area contributed by atoms with Gasteiger partial charge < -0.3 is 4.74 Å². The zero-order chi connectivity index (χ0) is 13.7. The van der Waals surface area contributed by atoms with E-state index in [4.69, 9.17) is 4.74 Å². The highest BCUT2D eigenvalue weighted by Crippen LogP contribution is 2.14. The van der Waals surface area contributed by atoms with Gasteiger partial charge in [-0.05, 0) is 30.5 Å². The van der Waals surface area contributed by atoms with E-state index in [1.54, 1.807) is 42.5 Å². The first-order chi connectivity index (χ1) is 9.20. The van der Waals surface area contributed by atoms with Gasteiger partial charge in [-0.3, -0.25) is 4.79 Å². The minimum Gasteiger partial charge on any atom is -0.462 e. The molecule has 0 fully saturated rings. The molecule has 3 nitrogen and oxygen atoms in total. The predicted molar refractivity (Wildman–Crippen MR) is 74.8 cm³/mol. The van der Waals surface area contributed by atoms with E-state index in [-0.39, 0.29) is 11.8 Å². The molecule has 2 aromatic rings. The molecule has 0 bridgehead atoms. The smallest absolute Gasteiger partial charge is 0.338 e. The van der Waals surface area contributed by atoms with Crippen LogP contribution in [0.1, 0.15) is 32.5 Å². The molecule has 0 aliphatic heterocycles. The van der Waals surface area contributed by atoms with Crippen molar-refractivity contribution < 1.29 is 14.3 Å². The first-order valence-electron chi connectivity index (χ1n) is 6.03. The molecule has 0 amide bonds. The fourth-order valence-corrected chi connectivity index (χ4v) is 2.38. The topological polar surface area (TPSA) is 43.4 Å². The van der Waals surface area contributed by atoms with Crippen LogP contribution in [0.25, 0.3) is 0 Å². The van der Waals surface area contributed by atoms with Crippen LogP contribution in [0.4, 0.5) is 0 Å². The number of Topliss-reactive ketones (excluding diaryl/α,β-unsaturated/α-hetero) is 1. The third-order valence-electron chi connectivity index (χ3n) is 2.63. The third kappa shape index (κ3) is 3.51.